The van der Waals surface area contributed by atoms with Gasteiger partial charge in [0, 0.05) is 17.4 Å². The summed E-state index contributed by atoms with van der Waals surface area (Å²) in [5.41, 5.74) is 0. The molecule has 108 valence electrons. The van der Waals surface area contributed by atoms with Crippen LogP contribution >= 0.6 is 11.3 Å². The molecule has 1 aromatic heterocycles. The summed E-state index contributed by atoms with van der Waals surface area (Å²) >= 11 is 1.61. The van der Waals surface area contributed by atoms with Crippen LogP contribution in [0.25, 0.3) is 0 Å². The lowest BCUT2D eigenvalue weighted by atomic mass is 10.1. The first-order valence-electron chi connectivity index (χ1n) is 7.33. The number of hydrogen-bond acceptors (Lipinski definition) is 4. The van der Waals surface area contributed by atoms with Gasteiger partial charge in [0.25, 0.3) is 0 Å². The molecule has 0 amide bonds. The van der Waals surface area contributed by atoms with E-state index in [1.165, 1.54) is 32.1 Å². The fraction of sp³-hybridized carbons (Fsp3) is 0.733. The Morgan fingerprint density at radius 3 is 2.84 bits per heavy atom. The Hall–Kier alpha value is -0.740. The summed E-state index contributed by atoms with van der Waals surface area (Å²) in [5, 5.41) is 3.96. The number of thiophene rings is 1. The minimum Gasteiger partial charge on any atom is -0.485 e. The fourth-order valence-electron chi connectivity index (χ4n) is 2.14. The van der Waals surface area contributed by atoms with Crippen LogP contribution in [0.15, 0.2) is 10.8 Å². The zero-order valence-corrected chi connectivity index (χ0v) is 12.5. The molecular formula is C15H24O3S. The Balaban J connectivity index is 1.48. The molecule has 0 fully saturated rings. The molecule has 1 aliphatic rings. The molecule has 0 saturated heterocycles. The highest BCUT2D eigenvalue weighted by Gasteiger charge is 2.21. The molecule has 2 heterocycles. The molecule has 2 rings (SSSR count). The van der Waals surface area contributed by atoms with Crippen LogP contribution in [-0.4, -0.2) is 25.9 Å². The van der Waals surface area contributed by atoms with Gasteiger partial charge in [-0.1, -0.05) is 39.0 Å². The van der Waals surface area contributed by atoms with Gasteiger partial charge in [0.05, 0.1) is 6.61 Å². The average molecular weight is 284 g/mol. The van der Waals surface area contributed by atoms with Crippen molar-refractivity contribution in [3.63, 3.8) is 0 Å². The lowest BCUT2D eigenvalue weighted by Crippen LogP contribution is -2.33. The van der Waals surface area contributed by atoms with E-state index in [4.69, 9.17) is 14.2 Å². The van der Waals surface area contributed by atoms with Crippen LogP contribution < -0.4 is 9.47 Å². The SMILES string of the molecule is CCCCCCCCOCC1COc2cscc2O1. The molecule has 1 unspecified atom stereocenters. The van der Waals surface area contributed by atoms with Crippen LogP contribution in [0.1, 0.15) is 45.4 Å². The Morgan fingerprint density at radius 2 is 1.95 bits per heavy atom. The maximum absolute atomic E-state index is 5.79. The van der Waals surface area contributed by atoms with Crippen LogP contribution in [0.3, 0.4) is 0 Å². The topological polar surface area (TPSA) is 27.7 Å². The molecule has 0 aliphatic carbocycles. The molecule has 0 saturated carbocycles. The summed E-state index contributed by atoms with van der Waals surface area (Å²) < 4.78 is 17.1. The van der Waals surface area contributed by atoms with Crippen molar-refractivity contribution >= 4 is 11.3 Å². The first-order valence-corrected chi connectivity index (χ1v) is 8.28. The molecule has 4 heteroatoms. The van der Waals surface area contributed by atoms with Crippen molar-refractivity contribution in [3.05, 3.63) is 10.8 Å². The van der Waals surface area contributed by atoms with E-state index in [1.807, 2.05) is 10.8 Å². The molecule has 1 aliphatic heterocycles. The van der Waals surface area contributed by atoms with Crippen LogP contribution in [-0.2, 0) is 4.74 Å². The summed E-state index contributed by atoms with van der Waals surface area (Å²) in [6, 6.07) is 0. The molecule has 19 heavy (non-hydrogen) atoms. The van der Waals surface area contributed by atoms with Crippen molar-refractivity contribution in [2.45, 2.75) is 51.6 Å². The highest BCUT2D eigenvalue weighted by Crippen LogP contribution is 2.35. The molecule has 1 atom stereocenters. The number of fused-ring (bicyclic) bond motifs is 1. The van der Waals surface area contributed by atoms with E-state index in [-0.39, 0.29) is 6.10 Å². The Labute approximate surface area is 119 Å². The number of rotatable bonds is 9. The molecule has 0 spiro atoms. The third-order valence-corrected chi connectivity index (χ3v) is 3.96. The second-order valence-electron chi connectivity index (χ2n) is 4.99. The first-order chi connectivity index (χ1) is 9.40. The minimum absolute atomic E-state index is 0.0437. The molecular weight excluding hydrogens is 260 g/mol. The summed E-state index contributed by atoms with van der Waals surface area (Å²) in [7, 11) is 0. The largest absolute Gasteiger partial charge is 0.485 e. The van der Waals surface area contributed by atoms with Gasteiger partial charge in [0.2, 0.25) is 0 Å². The molecule has 1 aromatic rings. The highest BCUT2D eigenvalue weighted by molar-refractivity contribution is 7.08. The highest BCUT2D eigenvalue weighted by atomic mass is 32.1. The quantitative estimate of drug-likeness (QED) is 0.634. The van der Waals surface area contributed by atoms with E-state index < -0.39 is 0 Å². The van der Waals surface area contributed by atoms with E-state index in [0.29, 0.717) is 13.2 Å². The van der Waals surface area contributed by atoms with E-state index in [2.05, 4.69) is 6.92 Å². The van der Waals surface area contributed by atoms with Gasteiger partial charge in [0.15, 0.2) is 17.6 Å². The molecule has 3 nitrogen and oxygen atoms in total. The van der Waals surface area contributed by atoms with Gasteiger partial charge in [-0.05, 0) is 6.42 Å². The zero-order valence-electron chi connectivity index (χ0n) is 11.7. The van der Waals surface area contributed by atoms with Gasteiger partial charge in [-0.15, -0.1) is 11.3 Å². The van der Waals surface area contributed by atoms with E-state index in [0.717, 1.165) is 24.5 Å². The zero-order chi connectivity index (χ0) is 13.3. The second-order valence-corrected chi connectivity index (χ2v) is 5.74. The van der Waals surface area contributed by atoms with Crippen molar-refractivity contribution in [1.82, 2.24) is 0 Å². The number of hydrogen-bond donors (Lipinski definition) is 0. The predicted molar refractivity (Wildman–Crippen MR) is 78.4 cm³/mol. The number of ether oxygens (including phenoxy) is 3. The van der Waals surface area contributed by atoms with Crippen LogP contribution in [0.5, 0.6) is 11.5 Å². The Kier molecular flexibility index (Phi) is 6.51. The minimum atomic E-state index is 0.0437. The van der Waals surface area contributed by atoms with Crippen LogP contribution in [0, 0.1) is 0 Å². The van der Waals surface area contributed by atoms with Crippen LogP contribution in [0.2, 0.25) is 0 Å². The van der Waals surface area contributed by atoms with E-state index >= 15 is 0 Å². The first kappa shape index (κ1) is 14.7. The normalized spacial score (nSPS) is 17.6. The van der Waals surface area contributed by atoms with Gasteiger partial charge >= 0.3 is 0 Å². The Morgan fingerprint density at radius 1 is 1.16 bits per heavy atom. The predicted octanol–water partition coefficient (Wildman–Crippen LogP) is 4.27. The molecule has 0 N–H and O–H groups in total. The van der Waals surface area contributed by atoms with Crippen molar-refractivity contribution in [1.29, 1.82) is 0 Å². The third-order valence-electron chi connectivity index (χ3n) is 3.26. The smallest absolute Gasteiger partial charge is 0.172 e. The van der Waals surface area contributed by atoms with Gasteiger partial charge in [-0.2, -0.15) is 0 Å². The third kappa shape index (κ3) is 5.03. The second kappa shape index (κ2) is 8.43. The fourth-order valence-corrected chi connectivity index (χ4v) is 2.81. The van der Waals surface area contributed by atoms with Gasteiger partial charge in [-0.25, -0.2) is 0 Å². The van der Waals surface area contributed by atoms with Crippen molar-refractivity contribution in [2.24, 2.45) is 0 Å². The lowest BCUT2D eigenvalue weighted by molar-refractivity contribution is 0.00842. The van der Waals surface area contributed by atoms with Crippen molar-refractivity contribution < 1.29 is 14.2 Å². The monoisotopic (exact) mass is 284 g/mol. The van der Waals surface area contributed by atoms with Gasteiger partial charge in [0.1, 0.15) is 6.61 Å². The van der Waals surface area contributed by atoms with Gasteiger partial charge in [-0.3, -0.25) is 0 Å². The van der Waals surface area contributed by atoms with Gasteiger partial charge < -0.3 is 14.2 Å². The summed E-state index contributed by atoms with van der Waals surface area (Å²) in [6.45, 7) is 4.31. The Bertz CT molecular complexity index is 351. The average Bonchev–Trinajstić information content (AvgIpc) is 2.89. The summed E-state index contributed by atoms with van der Waals surface area (Å²) in [6.07, 6.45) is 7.83. The number of unbranched alkanes of at least 4 members (excludes halogenated alkanes) is 5. The maximum atomic E-state index is 5.79. The van der Waals surface area contributed by atoms with Crippen molar-refractivity contribution in [2.75, 3.05) is 19.8 Å². The van der Waals surface area contributed by atoms with E-state index in [1.54, 1.807) is 11.3 Å². The van der Waals surface area contributed by atoms with Crippen molar-refractivity contribution in [3.8, 4) is 11.5 Å². The maximum Gasteiger partial charge on any atom is 0.172 e. The molecule has 0 radical (unpaired) electrons. The lowest BCUT2D eigenvalue weighted by Gasteiger charge is -2.24. The summed E-state index contributed by atoms with van der Waals surface area (Å²) in [4.78, 5) is 0. The molecule has 0 bridgehead atoms. The summed E-state index contributed by atoms with van der Waals surface area (Å²) in [5.74, 6) is 1.74. The molecule has 0 aromatic carbocycles. The van der Waals surface area contributed by atoms with E-state index in [9.17, 15) is 0 Å². The van der Waals surface area contributed by atoms with Crippen LogP contribution in [0.4, 0.5) is 0 Å². The standard InChI is InChI=1S/C15H24O3S/c1-2-3-4-5-6-7-8-16-9-13-10-17-14-11-19-12-15(14)18-13/h11-13H,2-10H2,1H3.